The van der Waals surface area contributed by atoms with Crippen molar-refractivity contribution in [2.75, 3.05) is 0 Å². The Kier molecular flexibility index (Phi) is 4.55. The molecule has 0 unspecified atom stereocenters. The largest absolute Gasteiger partial charge is 0.378 e. The highest BCUT2D eigenvalue weighted by Crippen LogP contribution is 2.33. The normalized spacial score (nSPS) is 11.2. The van der Waals surface area contributed by atoms with E-state index in [1.165, 1.54) is 0 Å². The molecule has 3 nitrogen and oxygen atoms in total. The van der Waals surface area contributed by atoms with Gasteiger partial charge >= 0.3 is 10.1 Å². The van der Waals surface area contributed by atoms with E-state index >= 15 is 0 Å². The maximum Gasteiger partial charge on any atom is 0.340 e. The first-order valence-electron chi connectivity index (χ1n) is 7.01. The van der Waals surface area contributed by atoms with Crippen molar-refractivity contribution in [1.82, 2.24) is 0 Å². The van der Waals surface area contributed by atoms with Gasteiger partial charge in [-0.25, -0.2) is 4.39 Å². The number of hydrogen-bond acceptors (Lipinski definition) is 3. The fourth-order valence-corrected chi connectivity index (χ4v) is 3.69. The molecule has 6 heteroatoms. The molecule has 0 aliphatic carbocycles. The molecule has 0 spiro atoms. The summed E-state index contributed by atoms with van der Waals surface area (Å²) in [7, 11) is -4.19. The predicted octanol–water partition coefficient (Wildman–Crippen LogP) is 4.91. The molecule has 0 heterocycles. The highest BCUT2D eigenvalue weighted by atomic mass is 35.5. The molecule has 3 aromatic rings. The lowest BCUT2D eigenvalue weighted by Crippen LogP contribution is -2.11. The number of halogens is 2. The highest BCUT2D eigenvalue weighted by molar-refractivity contribution is 7.87. The van der Waals surface area contributed by atoms with Gasteiger partial charge in [-0.2, -0.15) is 8.42 Å². The van der Waals surface area contributed by atoms with E-state index in [2.05, 4.69) is 0 Å². The van der Waals surface area contributed by atoms with E-state index in [1.807, 2.05) is 30.3 Å². The molecule has 0 bridgehead atoms. The lowest BCUT2D eigenvalue weighted by molar-refractivity contribution is 0.486. The Labute approximate surface area is 144 Å². The molecule has 0 N–H and O–H groups in total. The molecule has 0 aliphatic heterocycles. The van der Waals surface area contributed by atoms with Gasteiger partial charge in [0.2, 0.25) is 0 Å². The van der Waals surface area contributed by atoms with Crippen LogP contribution in [-0.2, 0) is 10.1 Å². The van der Waals surface area contributed by atoms with Gasteiger partial charge in [-0.3, -0.25) is 0 Å². The van der Waals surface area contributed by atoms with Crippen molar-refractivity contribution in [3.05, 3.63) is 83.6 Å². The zero-order chi connectivity index (χ0) is 17.2. The van der Waals surface area contributed by atoms with Crippen LogP contribution < -0.4 is 4.18 Å². The summed E-state index contributed by atoms with van der Waals surface area (Å²) in [6.07, 6.45) is 0. The SMILES string of the molecule is O=S(=O)(Oc1ccccc1-c1ccccc1)c1ccc(F)cc1Cl. The van der Waals surface area contributed by atoms with Crippen LogP contribution in [0.2, 0.25) is 5.02 Å². The monoisotopic (exact) mass is 362 g/mol. The number of benzene rings is 3. The summed E-state index contributed by atoms with van der Waals surface area (Å²) in [6.45, 7) is 0. The summed E-state index contributed by atoms with van der Waals surface area (Å²) in [5.41, 5.74) is 1.44. The van der Waals surface area contributed by atoms with Crippen LogP contribution in [0.5, 0.6) is 5.75 Å². The lowest BCUT2D eigenvalue weighted by atomic mass is 10.1. The average Bonchev–Trinajstić information content (AvgIpc) is 2.55. The second-order valence-electron chi connectivity index (χ2n) is 4.97. The van der Waals surface area contributed by atoms with Crippen molar-refractivity contribution in [3.63, 3.8) is 0 Å². The molecule has 0 atom stereocenters. The van der Waals surface area contributed by atoms with E-state index < -0.39 is 15.9 Å². The van der Waals surface area contributed by atoms with Gasteiger partial charge in [0.15, 0.2) is 5.75 Å². The quantitative estimate of drug-likeness (QED) is 0.619. The summed E-state index contributed by atoms with van der Waals surface area (Å²) in [5.74, 6) is -0.451. The summed E-state index contributed by atoms with van der Waals surface area (Å²) in [4.78, 5) is -0.284. The van der Waals surface area contributed by atoms with Crippen LogP contribution in [0.25, 0.3) is 11.1 Å². The number of hydrogen-bond donors (Lipinski definition) is 0. The standard InChI is InChI=1S/C18H12ClFO3S/c19-16-12-14(20)10-11-18(16)24(21,22)23-17-9-5-4-8-15(17)13-6-2-1-3-7-13/h1-12H. The summed E-state index contributed by atoms with van der Waals surface area (Å²) < 4.78 is 43.4. The molecule has 0 aliphatic rings. The second kappa shape index (κ2) is 6.63. The van der Waals surface area contributed by atoms with Crippen LogP contribution in [0.15, 0.2) is 77.7 Å². The summed E-state index contributed by atoms with van der Waals surface area (Å²) in [6, 6.07) is 19.0. The van der Waals surface area contributed by atoms with E-state index in [9.17, 15) is 12.8 Å². The predicted molar refractivity (Wildman–Crippen MR) is 91.1 cm³/mol. The van der Waals surface area contributed by atoms with Crippen molar-refractivity contribution in [2.45, 2.75) is 4.90 Å². The van der Waals surface area contributed by atoms with Gasteiger partial charge < -0.3 is 4.18 Å². The first kappa shape index (κ1) is 16.5. The zero-order valence-corrected chi connectivity index (χ0v) is 13.9. The Hall–Kier alpha value is -2.37. The molecule has 3 rings (SSSR count). The van der Waals surface area contributed by atoms with Gasteiger partial charge in [-0.15, -0.1) is 0 Å². The van der Waals surface area contributed by atoms with Crippen molar-refractivity contribution in [1.29, 1.82) is 0 Å². The van der Waals surface area contributed by atoms with Crippen LogP contribution in [0.4, 0.5) is 4.39 Å². The minimum Gasteiger partial charge on any atom is -0.378 e. The number of para-hydroxylation sites is 1. The first-order chi connectivity index (χ1) is 11.5. The van der Waals surface area contributed by atoms with E-state index in [0.717, 1.165) is 23.8 Å². The van der Waals surface area contributed by atoms with Gasteiger partial charge in [0.25, 0.3) is 0 Å². The van der Waals surface area contributed by atoms with Gasteiger partial charge in [0.05, 0.1) is 5.02 Å². The van der Waals surface area contributed by atoms with Gasteiger partial charge in [0, 0.05) is 5.56 Å². The van der Waals surface area contributed by atoms with Crippen LogP contribution in [0, 0.1) is 5.82 Å². The van der Waals surface area contributed by atoms with Crippen molar-refractivity contribution >= 4 is 21.7 Å². The molecule has 0 amide bonds. The van der Waals surface area contributed by atoms with E-state index in [0.29, 0.717) is 5.56 Å². The highest BCUT2D eigenvalue weighted by Gasteiger charge is 2.22. The molecular weight excluding hydrogens is 351 g/mol. The first-order valence-corrected chi connectivity index (χ1v) is 8.80. The third kappa shape index (κ3) is 3.42. The van der Waals surface area contributed by atoms with Crippen molar-refractivity contribution in [2.24, 2.45) is 0 Å². The summed E-state index contributed by atoms with van der Waals surface area (Å²) >= 11 is 5.84. The maximum atomic E-state index is 13.1. The molecule has 0 saturated heterocycles. The van der Waals surface area contributed by atoms with Crippen molar-refractivity contribution < 1.29 is 17.0 Å². The Morgan fingerprint density at radius 2 is 1.54 bits per heavy atom. The Morgan fingerprint density at radius 1 is 0.875 bits per heavy atom. The maximum absolute atomic E-state index is 13.1. The molecule has 24 heavy (non-hydrogen) atoms. The van der Waals surface area contributed by atoms with Crippen LogP contribution in [0.3, 0.4) is 0 Å². The molecular formula is C18H12ClFO3S. The van der Waals surface area contributed by atoms with E-state index in [1.54, 1.807) is 24.3 Å². The fourth-order valence-electron chi connectivity index (χ4n) is 2.24. The Bertz CT molecular complexity index is 973. The minimum absolute atomic E-state index is 0.170. The molecule has 0 radical (unpaired) electrons. The van der Waals surface area contributed by atoms with Gasteiger partial charge in [-0.05, 0) is 29.8 Å². The van der Waals surface area contributed by atoms with Crippen LogP contribution >= 0.6 is 11.6 Å². The van der Waals surface area contributed by atoms with Gasteiger partial charge in [0.1, 0.15) is 10.7 Å². The molecule has 3 aromatic carbocycles. The molecule has 122 valence electrons. The molecule has 0 fully saturated rings. The van der Waals surface area contributed by atoms with Crippen molar-refractivity contribution in [3.8, 4) is 16.9 Å². The topological polar surface area (TPSA) is 43.4 Å². The third-order valence-corrected chi connectivity index (χ3v) is 5.05. The average molecular weight is 363 g/mol. The lowest BCUT2D eigenvalue weighted by Gasteiger charge is -2.12. The fraction of sp³-hybridized carbons (Fsp3) is 0. The molecule has 0 aromatic heterocycles. The van der Waals surface area contributed by atoms with Gasteiger partial charge in [-0.1, -0.05) is 60.1 Å². The minimum atomic E-state index is -4.19. The second-order valence-corrected chi connectivity index (χ2v) is 6.90. The summed E-state index contributed by atoms with van der Waals surface area (Å²) in [5, 5.41) is -0.229. The van der Waals surface area contributed by atoms with Crippen LogP contribution in [0.1, 0.15) is 0 Å². The van der Waals surface area contributed by atoms with E-state index in [-0.39, 0.29) is 15.7 Å². The third-order valence-electron chi connectivity index (χ3n) is 3.33. The number of rotatable bonds is 4. The smallest absolute Gasteiger partial charge is 0.340 e. The van der Waals surface area contributed by atoms with E-state index in [4.69, 9.17) is 15.8 Å². The zero-order valence-electron chi connectivity index (χ0n) is 12.3. The van der Waals surface area contributed by atoms with Crippen LogP contribution in [-0.4, -0.2) is 8.42 Å². The Morgan fingerprint density at radius 3 is 2.25 bits per heavy atom. The molecule has 0 saturated carbocycles. The Balaban J connectivity index is 2.03.